The van der Waals surface area contributed by atoms with Crippen LogP contribution in [0.25, 0.3) is 11.3 Å². The van der Waals surface area contributed by atoms with E-state index in [0.717, 1.165) is 5.56 Å². The van der Waals surface area contributed by atoms with Gasteiger partial charge in [-0.05, 0) is 32.9 Å². The van der Waals surface area contributed by atoms with Crippen molar-refractivity contribution in [2.45, 2.75) is 26.4 Å². The van der Waals surface area contributed by atoms with Gasteiger partial charge in [0.15, 0.2) is 11.8 Å². The van der Waals surface area contributed by atoms with Gasteiger partial charge in [-0.25, -0.2) is 9.78 Å². The number of carbonyl (C=O) groups excluding carboxylic acids is 1. The number of hydrogen-bond donors (Lipinski definition) is 3. The van der Waals surface area contributed by atoms with Crippen molar-refractivity contribution in [3.05, 3.63) is 36.7 Å². The molecular formula is C16H20N6O2. The second-order valence-electron chi connectivity index (χ2n) is 6.00. The molecule has 8 nitrogen and oxygen atoms in total. The summed E-state index contributed by atoms with van der Waals surface area (Å²) >= 11 is 0. The molecule has 0 saturated carbocycles. The molecule has 0 aliphatic rings. The summed E-state index contributed by atoms with van der Waals surface area (Å²) in [5, 5.41) is 2.67. The van der Waals surface area contributed by atoms with Gasteiger partial charge in [0.25, 0.3) is 0 Å². The van der Waals surface area contributed by atoms with Gasteiger partial charge in [0.1, 0.15) is 5.60 Å². The first-order chi connectivity index (χ1) is 11.2. The van der Waals surface area contributed by atoms with Crippen molar-refractivity contribution in [3.63, 3.8) is 0 Å². The smallest absolute Gasteiger partial charge is 0.412 e. The Morgan fingerprint density at radius 1 is 1.12 bits per heavy atom. The number of nitrogens with zero attached hydrogens (tertiary/aromatic N) is 3. The molecule has 1 amide bonds. The molecule has 5 N–H and O–H groups in total. The predicted octanol–water partition coefficient (Wildman–Crippen LogP) is 2.40. The number of aliphatic imine (C=N–C) groups is 1. The first-order valence-electron chi connectivity index (χ1n) is 7.25. The summed E-state index contributed by atoms with van der Waals surface area (Å²) in [4.78, 5) is 23.9. The van der Waals surface area contributed by atoms with Crippen LogP contribution in [0.5, 0.6) is 0 Å². The van der Waals surface area contributed by atoms with Crippen LogP contribution in [0, 0.1) is 0 Å². The second kappa shape index (κ2) is 6.95. The standard InChI is InChI=1S/C16H20N6O2/c1-16(2,3)24-15(23)21-11-6-4-10(5-7-11)12-8-20-13(9-19-12)22-14(17)18/h4-9H,1-3H3,(H,21,23)(H4,17,18,20,22). The molecule has 2 rings (SSSR count). The molecule has 126 valence electrons. The lowest BCUT2D eigenvalue weighted by molar-refractivity contribution is 0.0636. The van der Waals surface area contributed by atoms with Crippen molar-refractivity contribution < 1.29 is 9.53 Å². The third-order valence-electron chi connectivity index (χ3n) is 2.71. The molecule has 2 aromatic rings. The first kappa shape index (κ1) is 17.2. The maximum Gasteiger partial charge on any atom is 0.412 e. The fourth-order valence-electron chi connectivity index (χ4n) is 1.81. The second-order valence-corrected chi connectivity index (χ2v) is 6.00. The zero-order valence-corrected chi connectivity index (χ0v) is 13.8. The number of nitrogens with two attached hydrogens (primary N) is 2. The lowest BCUT2D eigenvalue weighted by atomic mass is 10.1. The van der Waals surface area contributed by atoms with Gasteiger partial charge in [-0.15, -0.1) is 0 Å². The molecule has 8 heteroatoms. The molecule has 0 saturated heterocycles. The zero-order chi connectivity index (χ0) is 17.7. The molecule has 0 aliphatic carbocycles. The molecule has 0 atom stereocenters. The summed E-state index contributed by atoms with van der Waals surface area (Å²) in [5.74, 6) is 0.261. The Balaban J connectivity index is 2.06. The van der Waals surface area contributed by atoms with Crippen LogP contribution in [-0.2, 0) is 4.74 Å². The van der Waals surface area contributed by atoms with Gasteiger partial charge < -0.3 is 16.2 Å². The van der Waals surface area contributed by atoms with E-state index >= 15 is 0 Å². The summed E-state index contributed by atoms with van der Waals surface area (Å²) in [6, 6.07) is 7.14. The van der Waals surface area contributed by atoms with Crippen molar-refractivity contribution in [2.75, 3.05) is 5.32 Å². The van der Waals surface area contributed by atoms with Crippen LogP contribution in [0.2, 0.25) is 0 Å². The maximum absolute atomic E-state index is 11.7. The van der Waals surface area contributed by atoms with Crippen molar-refractivity contribution in [3.8, 4) is 11.3 Å². The van der Waals surface area contributed by atoms with Crippen LogP contribution < -0.4 is 16.8 Å². The number of anilines is 1. The Kier molecular flexibility index (Phi) is 4.98. The highest BCUT2D eigenvalue weighted by molar-refractivity contribution is 5.85. The van der Waals surface area contributed by atoms with Gasteiger partial charge in [0.2, 0.25) is 0 Å². The van der Waals surface area contributed by atoms with Gasteiger partial charge in [-0.1, -0.05) is 12.1 Å². The molecule has 1 aromatic heterocycles. The number of carbonyl (C=O) groups is 1. The minimum Gasteiger partial charge on any atom is -0.444 e. The summed E-state index contributed by atoms with van der Waals surface area (Å²) in [7, 11) is 0. The Morgan fingerprint density at radius 2 is 1.79 bits per heavy atom. The Hall–Kier alpha value is -3.16. The normalized spacial score (nSPS) is 10.8. The minimum atomic E-state index is -0.545. The fraction of sp³-hybridized carbons (Fsp3) is 0.250. The molecule has 0 bridgehead atoms. The Morgan fingerprint density at radius 3 is 2.29 bits per heavy atom. The molecular weight excluding hydrogens is 308 g/mol. The van der Waals surface area contributed by atoms with Crippen LogP contribution in [0.4, 0.5) is 16.3 Å². The Bertz CT molecular complexity index is 729. The topological polar surface area (TPSA) is 129 Å². The average molecular weight is 328 g/mol. The summed E-state index contributed by atoms with van der Waals surface area (Å²) in [6.07, 6.45) is 2.54. The molecule has 0 unspecified atom stereocenters. The van der Waals surface area contributed by atoms with Crippen LogP contribution in [-0.4, -0.2) is 27.6 Å². The van der Waals surface area contributed by atoms with Crippen LogP contribution in [0.1, 0.15) is 20.8 Å². The molecule has 0 fully saturated rings. The molecule has 1 heterocycles. The van der Waals surface area contributed by atoms with E-state index in [9.17, 15) is 4.79 Å². The van der Waals surface area contributed by atoms with Gasteiger partial charge in [0.05, 0.1) is 18.1 Å². The molecule has 0 aliphatic heterocycles. The van der Waals surface area contributed by atoms with Crippen molar-refractivity contribution >= 4 is 23.6 Å². The van der Waals surface area contributed by atoms with E-state index in [1.54, 1.807) is 39.1 Å². The zero-order valence-electron chi connectivity index (χ0n) is 13.8. The minimum absolute atomic E-state index is 0.0744. The molecule has 24 heavy (non-hydrogen) atoms. The van der Waals surface area contributed by atoms with E-state index < -0.39 is 11.7 Å². The number of rotatable bonds is 3. The lowest BCUT2D eigenvalue weighted by Gasteiger charge is -2.19. The van der Waals surface area contributed by atoms with Crippen LogP contribution >= 0.6 is 0 Å². The largest absolute Gasteiger partial charge is 0.444 e. The SMILES string of the molecule is CC(C)(C)OC(=O)Nc1ccc(-c2cnc(N=C(N)N)cn2)cc1. The highest BCUT2D eigenvalue weighted by Gasteiger charge is 2.16. The third kappa shape index (κ3) is 5.24. The highest BCUT2D eigenvalue weighted by atomic mass is 16.6. The average Bonchev–Trinajstić information content (AvgIpc) is 2.46. The van der Waals surface area contributed by atoms with Crippen molar-refractivity contribution in [2.24, 2.45) is 16.5 Å². The monoisotopic (exact) mass is 328 g/mol. The number of nitrogens with one attached hydrogen (secondary N) is 1. The third-order valence-corrected chi connectivity index (χ3v) is 2.71. The molecule has 1 aromatic carbocycles. The lowest BCUT2D eigenvalue weighted by Crippen LogP contribution is -2.27. The van der Waals surface area contributed by atoms with E-state index in [-0.39, 0.29) is 5.96 Å². The summed E-state index contributed by atoms with van der Waals surface area (Å²) < 4.78 is 5.20. The maximum atomic E-state index is 11.7. The van der Waals surface area contributed by atoms with E-state index in [2.05, 4.69) is 20.3 Å². The molecule has 0 spiro atoms. The number of ether oxygens (including phenoxy) is 1. The van der Waals surface area contributed by atoms with Crippen molar-refractivity contribution in [1.29, 1.82) is 0 Å². The van der Waals surface area contributed by atoms with Gasteiger partial charge in [-0.3, -0.25) is 10.3 Å². The number of amides is 1. The van der Waals surface area contributed by atoms with E-state index in [1.165, 1.54) is 6.20 Å². The highest BCUT2D eigenvalue weighted by Crippen LogP contribution is 2.20. The summed E-state index contributed by atoms with van der Waals surface area (Å²) in [5.41, 5.74) is 12.1. The van der Waals surface area contributed by atoms with Crippen LogP contribution in [0.3, 0.4) is 0 Å². The van der Waals surface area contributed by atoms with Gasteiger partial charge in [-0.2, -0.15) is 4.99 Å². The first-order valence-corrected chi connectivity index (χ1v) is 7.25. The van der Waals surface area contributed by atoms with E-state index in [4.69, 9.17) is 16.2 Å². The van der Waals surface area contributed by atoms with Crippen molar-refractivity contribution in [1.82, 2.24) is 9.97 Å². The van der Waals surface area contributed by atoms with Crippen LogP contribution in [0.15, 0.2) is 41.7 Å². The van der Waals surface area contributed by atoms with Gasteiger partial charge >= 0.3 is 6.09 Å². The summed E-state index contributed by atoms with van der Waals surface area (Å²) in [6.45, 7) is 5.42. The van der Waals surface area contributed by atoms with E-state index in [1.807, 2.05) is 12.1 Å². The number of hydrogen-bond acceptors (Lipinski definition) is 5. The fourth-order valence-corrected chi connectivity index (χ4v) is 1.81. The number of aromatic nitrogens is 2. The quantitative estimate of drug-likeness (QED) is 0.586. The van der Waals surface area contributed by atoms with Gasteiger partial charge in [0, 0.05) is 11.3 Å². The molecule has 0 radical (unpaired) electrons. The number of guanidine groups is 1. The predicted molar refractivity (Wildman–Crippen MR) is 92.8 cm³/mol. The van der Waals surface area contributed by atoms with E-state index in [0.29, 0.717) is 17.2 Å². The Labute approximate surface area is 140 Å². The number of benzene rings is 1.